The quantitative estimate of drug-likeness (QED) is 0.475. The molecule has 0 amide bonds. The Morgan fingerprint density at radius 3 is 2.79 bits per heavy atom. The van der Waals surface area contributed by atoms with Gasteiger partial charge >= 0.3 is 0 Å². The van der Waals surface area contributed by atoms with Crippen LogP contribution in [0.1, 0.15) is 12.8 Å². The molecule has 0 aliphatic heterocycles. The molecule has 19 heavy (non-hydrogen) atoms. The summed E-state index contributed by atoms with van der Waals surface area (Å²) in [6.07, 6.45) is 2.14. The van der Waals surface area contributed by atoms with Gasteiger partial charge in [0.1, 0.15) is 5.82 Å². The van der Waals surface area contributed by atoms with Crippen LogP contribution in [0.15, 0.2) is 12.1 Å². The number of aromatic amines is 1. The topological polar surface area (TPSA) is 24.0 Å². The maximum atomic E-state index is 13.7. The fourth-order valence-corrected chi connectivity index (χ4v) is 2.84. The molecule has 0 saturated heterocycles. The Balaban J connectivity index is 2.20. The first-order valence-electron chi connectivity index (χ1n) is 6.21. The first-order valence-corrected chi connectivity index (χ1v) is 7.70. The zero-order valence-corrected chi connectivity index (χ0v) is 14.0. The van der Waals surface area contributed by atoms with E-state index in [9.17, 15) is 4.39 Å². The molecule has 6 heteroatoms. The number of rotatable bonds is 5. The minimum Gasteiger partial charge on any atom is -0.331 e. The molecule has 0 fully saturated rings. The summed E-state index contributed by atoms with van der Waals surface area (Å²) in [6.45, 7) is 1.88. The van der Waals surface area contributed by atoms with Crippen molar-refractivity contribution in [3.05, 3.63) is 26.3 Å². The Morgan fingerprint density at radius 2 is 2.11 bits per heavy atom. The molecular formula is C13H17FIN3S. The minimum atomic E-state index is -0.191. The average Bonchev–Trinajstić information content (AvgIpc) is 2.61. The van der Waals surface area contributed by atoms with Gasteiger partial charge in [0.2, 0.25) is 0 Å². The third-order valence-corrected chi connectivity index (χ3v) is 4.20. The van der Waals surface area contributed by atoms with Gasteiger partial charge in [0.05, 0.1) is 14.6 Å². The molecular weight excluding hydrogens is 376 g/mol. The molecule has 2 rings (SSSR count). The number of imidazole rings is 1. The standard InChI is InChI=1S/C13H17FIN3S/c1-17(2)5-3-4-6-18-12-7-9(14)10(15)8-11(12)16-13(18)19/h7-8H,3-6H2,1-2H3,(H,16,19). The van der Waals surface area contributed by atoms with Gasteiger partial charge in [-0.2, -0.15) is 0 Å². The monoisotopic (exact) mass is 393 g/mol. The molecule has 2 aromatic rings. The normalized spacial score (nSPS) is 11.6. The number of halogens is 2. The van der Waals surface area contributed by atoms with Crippen molar-refractivity contribution in [1.29, 1.82) is 0 Å². The van der Waals surface area contributed by atoms with Crippen molar-refractivity contribution in [2.24, 2.45) is 0 Å². The number of hydrogen-bond donors (Lipinski definition) is 1. The van der Waals surface area contributed by atoms with Crippen LogP contribution in [0.25, 0.3) is 11.0 Å². The Labute approximate surface area is 130 Å². The van der Waals surface area contributed by atoms with E-state index in [4.69, 9.17) is 12.2 Å². The number of benzene rings is 1. The first-order chi connectivity index (χ1) is 8.99. The number of aryl methyl sites for hydroxylation is 1. The number of hydrogen-bond acceptors (Lipinski definition) is 2. The van der Waals surface area contributed by atoms with Gasteiger partial charge in [0.15, 0.2) is 4.77 Å². The number of H-pyrrole nitrogens is 1. The van der Waals surface area contributed by atoms with Crippen LogP contribution in [0, 0.1) is 14.2 Å². The molecule has 0 unspecified atom stereocenters. The summed E-state index contributed by atoms with van der Waals surface area (Å²) >= 11 is 7.30. The lowest BCUT2D eigenvalue weighted by molar-refractivity contribution is 0.388. The van der Waals surface area contributed by atoms with Crippen molar-refractivity contribution in [1.82, 2.24) is 14.5 Å². The fraction of sp³-hybridized carbons (Fsp3) is 0.462. The smallest absolute Gasteiger partial charge is 0.178 e. The van der Waals surface area contributed by atoms with Gasteiger partial charge in [-0.3, -0.25) is 0 Å². The predicted octanol–water partition coefficient (Wildman–Crippen LogP) is 3.78. The van der Waals surface area contributed by atoms with Crippen molar-refractivity contribution in [3.8, 4) is 0 Å². The zero-order chi connectivity index (χ0) is 14.0. The third kappa shape index (κ3) is 3.55. The van der Waals surface area contributed by atoms with Crippen LogP contribution in [-0.4, -0.2) is 35.1 Å². The van der Waals surface area contributed by atoms with E-state index in [-0.39, 0.29) is 5.82 Å². The number of nitrogens with zero attached hydrogens (tertiary/aromatic N) is 2. The summed E-state index contributed by atoms with van der Waals surface area (Å²) in [5.41, 5.74) is 1.76. The van der Waals surface area contributed by atoms with Crippen LogP contribution in [0.3, 0.4) is 0 Å². The molecule has 0 atom stereocenters. The Hall–Kier alpha value is -0.470. The number of unbranched alkanes of at least 4 members (excludes halogenated alkanes) is 1. The predicted molar refractivity (Wildman–Crippen MR) is 87.6 cm³/mol. The second-order valence-electron chi connectivity index (χ2n) is 4.88. The van der Waals surface area contributed by atoms with E-state index in [2.05, 4.69) is 24.0 Å². The molecule has 3 nitrogen and oxygen atoms in total. The lowest BCUT2D eigenvalue weighted by Crippen LogP contribution is -2.13. The first kappa shape index (κ1) is 14.9. The van der Waals surface area contributed by atoms with Gasteiger partial charge in [0.25, 0.3) is 0 Å². The summed E-state index contributed by atoms with van der Waals surface area (Å²) in [4.78, 5) is 5.30. The van der Waals surface area contributed by atoms with Crippen molar-refractivity contribution >= 4 is 45.8 Å². The zero-order valence-electron chi connectivity index (χ0n) is 11.0. The summed E-state index contributed by atoms with van der Waals surface area (Å²) < 4.78 is 16.9. The number of nitrogens with one attached hydrogen (secondary N) is 1. The molecule has 1 heterocycles. The van der Waals surface area contributed by atoms with E-state index < -0.39 is 0 Å². The van der Waals surface area contributed by atoms with Crippen molar-refractivity contribution in [2.75, 3.05) is 20.6 Å². The van der Waals surface area contributed by atoms with Crippen LogP contribution in [0.5, 0.6) is 0 Å². The summed E-state index contributed by atoms with van der Waals surface area (Å²) in [5.74, 6) is -0.191. The van der Waals surface area contributed by atoms with Crippen LogP contribution >= 0.6 is 34.8 Å². The molecule has 0 aliphatic carbocycles. The Morgan fingerprint density at radius 1 is 1.37 bits per heavy atom. The van der Waals surface area contributed by atoms with Crippen molar-refractivity contribution in [2.45, 2.75) is 19.4 Å². The van der Waals surface area contributed by atoms with Crippen LogP contribution in [-0.2, 0) is 6.54 Å². The molecule has 0 spiro atoms. The highest BCUT2D eigenvalue weighted by Crippen LogP contribution is 2.21. The van der Waals surface area contributed by atoms with Crippen LogP contribution in [0.2, 0.25) is 0 Å². The maximum absolute atomic E-state index is 13.7. The van der Waals surface area contributed by atoms with Crippen molar-refractivity contribution < 1.29 is 4.39 Å². The molecule has 1 aromatic carbocycles. The summed E-state index contributed by atoms with van der Waals surface area (Å²) in [7, 11) is 4.13. The van der Waals surface area contributed by atoms with Gasteiger partial charge in [0, 0.05) is 12.6 Å². The largest absolute Gasteiger partial charge is 0.331 e. The van der Waals surface area contributed by atoms with Crippen LogP contribution in [0.4, 0.5) is 4.39 Å². The molecule has 104 valence electrons. The highest BCUT2D eigenvalue weighted by molar-refractivity contribution is 14.1. The van der Waals surface area contributed by atoms with Gasteiger partial charge in [-0.25, -0.2) is 4.39 Å². The van der Waals surface area contributed by atoms with E-state index in [0.29, 0.717) is 8.34 Å². The second kappa shape index (κ2) is 6.32. The van der Waals surface area contributed by atoms with E-state index in [1.54, 1.807) is 12.1 Å². The maximum Gasteiger partial charge on any atom is 0.178 e. The van der Waals surface area contributed by atoms with E-state index >= 15 is 0 Å². The molecule has 0 saturated carbocycles. The third-order valence-electron chi connectivity index (χ3n) is 3.05. The minimum absolute atomic E-state index is 0.191. The van der Waals surface area contributed by atoms with E-state index in [1.165, 1.54) is 0 Å². The average molecular weight is 393 g/mol. The van der Waals surface area contributed by atoms with E-state index in [0.717, 1.165) is 37.0 Å². The molecule has 0 aliphatic rings. The lowest BCUT2D eigenvalue weighted by Gasteiger charge is -2.09. The highest BCUT2D eigenvalue weighted by Gasteiger charge is 2.08. The molecule has 0 radical (unpaired) electrons. The van der Waals surface area contributed by atoms with E-state index in [1.807, 2.05) is 27.2 Å². The lowest BCUT2D eigenvalue weighted by atomic mass is 10.2. The Bertz CT molecular complexity index is 633. The van der Waals surface area contributed by atoms with Gasteiger partial charge < -0.3 is 14.5 Å². The van der Waals surface area contributed by atoms with Gasteiger partial charge in [-0.15, -0.1) is 0 Å². The van der Waals surface area contributed by atoms with Crippen LogP contribution < -0.4 is 0 Å². The highest BCUT2D eigenvalue weighted by atomic mass is 127. The molecule has 1 aromatic heterocycles. The molecule has 1 N–H and O–H groups in total. The summed E-state index contributed by atoms with van der Waals surface area (Å²) in [6, 6.07) is 3.37. The fourth-order valence-electron chi connectivity index (χ4n) is 2.07. The Kier molecular flexibility index (Phi) is 4.97. The molecule has 0 bridgehead atoms. The summed E-state index contributed by atoms with van der Waals surface area (Å²) in [5, 5.41) is 0. The SMILES string of the molecule is CN(C)CCCCn1c(=S)[nH]c2cc(I)c(F)cc21. The number of fused-ring (bicyclic) bond motifs is 1. The van der Waals surface area contributed by atoms with Crippen molar-refractivity contribution in [3.63, 3.8) is 0 Å². The second-order valence-corrected chi connectivity index (χ2v) is 6.42. The van der Waals surface area contributed by atoms with Gasteiger partial charge in [-0.1, -0.05) is 0 Å². The number of aromatic nitrogens is 2. The van der Waals surface area contributed by atoms with Gasteiger partial charge in [-0.05, 0) is 74.4 Å².